The molecule has 2 aliphatic rings. The van der Waals surface area contributed by atoms with Crippen LogP contribution in [-0.4, -0.2) is 0 Å². The third-order valence-electron chi connectivity index (χ3n) is 4.50. The van der Waals surface area contributed by atoms with Crippen molar-refractivity contribution in [2.75, 3.05) is 0 Å². The van der Waals surface area contributed by atoms with Gasteiger partial charge in [-0.2, -0.15) is 0 Å². The van der Waals surface area contributed by atoms with Crippen molar-refractivity contribution >= 4 is 0 Å². The van der Waals surface area contributed by atoms with Crippen molar-refractivity contribution in [3.63, 3.8) is 0 Å². The van der Waals surface area contributed by atoms with Gasteiger partial charge < -0.3 is 0 Å². The fourth-order valence-electron chi connectivity index (χ4n) is 4.07. The van der Waals surface area contributed by atoms with E-state index in [0.29, 0.717) is 8.59 Å². The maximum absolute atomic E-state index is 2.45. The fourth-order valence-corrected chi connectivity index (χ4v) is 7.55. The first kappa shape index (κ1) is 13.1. The molecule has 1 unspecified atom stereocenters. The summed E-state index contributed by atoms with van der Waals surface area (Å²) >= 11 is 1.32. The summed E-state index contributed by atoms with van der Waals surface area (Å²) in [5.74, 6) is 0. The summed E-state index contributed by atoms with van der Waals surface area (Å²) in [7, 11) is 0. The average Bonchev–Trinajstić information content (AvgIpc) is 2.80. The van der Waals surface area contributed by atoms with Gasteiger partial charge in [-0.1, -0.05) is 0 Å². The van der Waals surface area contributed by atoms with Crippen molar-refractivity contribution in [2.45, 2.75) is 62.5 Å². The Morgan fingerprint density at radius 2 is 1.83 bits per heavy atom. The molecule has 0 spiro atoms. The van der Waals surface area contributed by atoms with Gasteiger partial charge in [-0.3, -0.25) is 0 Å². The summed E-state index contributed by atoms with van der Waals surface area (Å²) < 4.78 is 0.573. The molecule has 1 aromatic carbocycles. The van der Waals surface area contributed by atoms with Gasteiger partial charge >= 0.3 is 127 Å². The molecule has 0 N–H and O–H groups in total. The van der Waals surface area contributed by atoms with Gasteiger partial charge in [-0.25, -0.2) is 0 Å². The predicted molar refractivity (Wildman–Crippen MR) is 72.5 cm³/mol. The zero-order valence-electron chi connectivity index (χ0n) is 11.9. The van der Waals surface area contributed by atoms with Crippen molar-refractivity contribution in [3.05, 3.63) is 34.4 Å². The molecular formula is C17H23Hf. The Kier molecular flexibility index (Phi) is 3.12. The molecule has 0 aromatic heterocycles. The van der Waals surface area contributed by atoms with Crippen LogP contribution in [0.3, 0.4) is 0 Å². The summed E-state index contributed by atoms with van der Waals surface area (Å²) in [6, 6.07) is 4.87. The number of fused-ring (bicyclic) bond motifs is 3. The molecule has 3 rings (SSSR count). The van der Waals surface area contributed by atoms with Crippen LogP contribution in [0.4, 0.5) is 0 Å². The van der Waals surface area contributed by atoms with Crippen molar-refractivity contribution in [3.8, 4) is 0 Å². The SMILES string of the molecule is CC(C)(C)C[C]1([Hf])CCc2ccc3c(c21)CCC3. The number of hydrogen-bond acceptors (Lipinski definition) is 0. The first-order valence-corrected chi connectivity index (χ1v) is 9.08. The Hall–Kier alpha value is 0.0901. The molecule has 0 amide bonds. The zero-order valence-corrected chi connectivity index (χ0v) is 15.5. The Balaban J connectivity index is 2.08. The van der Waals surface area contributed by atoms with E-state index in [-0.39, 0.29) is 0 Å². The van der Waals surface area contributed by atoms with E-state index in [2.05, 4.69) is 32.9 Å². The van der Waals surface area contributed by atoms with Crippen LogP contribution in [0.5, 0.6) is 0 Å². The first-order chi connectivity index (χ1) is 8.39. The summed E-state index contributed by atoms with van der Waals surface area (Å²) in [4.78, 5) is 0. The van der Waals surface area contributed by atoms with E-state index >= 15 is 0 Å². The van der Waals surface area contributed by atoms with E-state index in [9.17, 15) is 0 Å². The number of benzene rings is 1. The minimum absolute atomic E-state index is 0.463. The van der Waals surface area contributed by atoms with Crippen molar-refractivity contribution in [1.29, 1.82) is 0 Å². The molecule has 0 fully saturated rings. The summed E-state index contributed by atoms with van der Waals surface area (Å²) in [5.41, 5.74) is 7.41. The quantitative estimate of drug-likeness (QED) is 0.611. The number of aryl methyl sites for hydroxylation is 2. The molecule has 0 aliphatic heterocycles. The minimum atomic E-state index is 0.463. The molecule has 1 heteroatoms. The molecule has 0 nitrogen and oxygen atoms in total. The van der Waals surface area contributed by atoms with Crippen molar-refractivity contribution in [2.24, 2.45) is 5.41 Å². The van der Waals surface area contributed by atoms with Gasteiger partial charge in [-0.15, -0.1) is 0 Å². The van der Waals surface area contributed by atoms with E-state index in [4.69, 9.17) is 0 Å². The van der Waals surface area contributed by atoms with E-state index in [1.54, 1.807) is 16.7 Å². The molecule has 0 bridgehead atoms. The maximum atomic E-state index is 2.45. The Morgan fingerprint density at radius 1 is 1.11 bits per heavy atom. The van der Waals surface area contributed by atoms with Crippen LogP contribution in [0.15, 0.2) is 12.1 Å². The van der Waals surface area contributed by atoms with Crippen LogP contribution in [0, 0.1) is 5.41 Å². The van der Waals surface area contributed by atoms with Gasteiger partial charge in [0.05, 0.1) is 0 Å². The van der Waals surface area contributed by atoms with Gasteiger partial charge in [0.1, 0.15) is 0 Å². The van der Waals surface area contributed by atoms with E-state index < -0.39 is 0 Å². The number of rotatable bonds is 1. The van der Waals surface area contributed by atoms with Crippen molar-refractivity contribution in [1.82, 2.24) is 0 Å². The van der Waals surface area contributed by atoms with Crippen molar-refractivity contribution < 1.29 is 24.4 Å². The molecule has 18 heavy (non-hydrogen) atoms. The average molecular weight is 406 g/mol. The van der Waals surface area contributed by atoms with Gasteiger partial charge in [0, 0.05) is 0 Å². The molecule has 1 atom stereocenters. The molecule has 0 radical (unpaired) electrons. The normalized spacial score (nSPS) is 26.1. The van der Waals surface area contributed by atoms with Crippen LogP contribution in [0.1, 0.15) is 62.3 Å². The monoisotopic (exact) mass is 407 g/mol. The first-order valence-electron chi connectivity index (χ1n) is 7.28. The molecule has 1 aromatic rings. The molecule has 0 saturated heterocycles. The summed E-state index contributed by atoms with van der Waals surface area (Å²) in [5, 5.41) is 0. The van der Waals surface area contributed by atoms with Gasteiger partial charge in [0.15, 0.2) is 0 Å². The molecule has 95 valence electrons. The number of hydrogen-bond donors (Lipinski definition) is 0. The van der Waals surface area contributed by atoms with E-state index in [0.717, 1.165) is 0 Å². The zero-order chi connectivity index (χ0) is 13.0. The van der Waals surface area contributed by atoms with Crippen LogP contribution >= 0.6 is 0 Å². The predicted octanol–water partition coefficient (Wildman–Crippen LogP) is 4.30. The molecule has 2 aliphatic carbocycles. The molecule has 0 saturated carbocycles. The van der Waals surface area contributed by atoms with E-state index in [1.165, 1.54) is 62.9 Å². The second kappa shape index (κ2) is 4.30. The van der Waals surface area contributed by atoms with Crippen LogP contribution in [-0.2, 0) is 46.8 Å². The Morgan fingerprint density at radius 3 is 2.56 bits per heavy atom. The van der Waals surface area contributed by atoms with Gasteiger partial charge in [-0.05, 0) is 0 Å². The second-order valence-corrected chi connectivity index (χ2v) is 10.8. The summed E-state index contributed by atoms with van der Waals surface area (Å²) in [6.45, 7) is 7.23. The van der Waals surface area contributed by atoms with Crippen LogP contribution < -0.4 is 0 Å². The second-order valence-electron chi connectivity index (χ2n) is 7.41. The molecular weight excluding hydrogens is 383 g/mol. The third-order valence-corrected chi connectivity index (χ3v) is 6.93. The summed E-state index contributed by atoms with van der Waals surface area (Å²) in [6.07, 6.45) is 8.21. The standard InChI is InChI=1S/C17H23.Hf/c1-17(2,3)11-14-10-9-13-8-7-12-5-4-6-15(12)16(13)14;/h7-8H,4-6,9-11H2,1-3H3;. The van der Waals surface area contributed by atoms with Gasteiger partial charge in [0.25, 0.3) is 0 Å². The fraction of sp³-hybridized carbons (Fsp3) is 0.647. The third kappa shape index (κ3) is 2.17. The van der Waals surface area contributed by atoms with Crippen LogP contribution in [0.25, 0.3) is 0 Å². The Bertz CT molecular complexity index is 481. The molecule has 0 heterocycles. The Labute approximate surface area is 126 Å². The van der Waals surface area contributed by atoms with Crippen LogP contribution in [0.2, 0.25) is 0 Å². The van der Waals surface area contributed by atoms with Gasteiger partial charge in [0.2, 0.25) is 0 Å². The van der Waals surface area contributed by atoms with E-state index in [1.807, 2.05) is 5.56 Å². The topological polar surface area (TPSA) is 0 Å².